The van der Waals surface area contributed by atoms with Crippen LogP contribution in [-0.2, 0) is 4.79 Å². The van der Waals surface area contributed by atoms with Crippen LogP contribution in [0.3, 0.4) is 0 Å². The van der Waals surface area contributed by atoms with Crippen LogP contribution < -0.4 is 10.5 Å². The first kappa shape index (κ1) is 25.1. The van der Waals surface area contributed by atoms with Crippen molar-refractivity contribution in [3.05, 3.63) is 29.8 Å². The molecule has 0 aromatic heterocycles. The highest BCUT2D eigenvalue weighted by atomic mass is 35.5. The van der Waals surface area contributed by atoms with Crippen LogP contribution in [-0.4, -0.2) is 61.5 Å². The van der Waals surface area contributed by atoms with Gasteiger partial charge in [0.25, 0.3) is 5.91 Å². The maximum Gasteiger partial charge on any atom is 0.387 e. The summed E-state index contributed by atoms with van der Waals surface area (Å²) in [5, 5.41) is 0. The molecule has 1 aliphatic rings. The molecule has 0 saturated carbocycles. The molecule has 1 heterocycles. The highest BCUT2D eigenvalue weighted by Gasteiger charge is 2.33. The van der Waals surface area contributed by atoms with Gasteiger partial charge in [0.2, 0.25) is 5.91 Å². The van der Waals surface area contributed by atoms with E-state index in [-0.39, 0.29) is 47.5 Å². The van der Waals surface area contributed by atoms with Gasteiger partial charge in [0, 0.05) is 26.7 Å². The van der Waals surface area contributed by atoms with E-state index in [4.69, 9.17) is 5.73 Å². The molecule has 1 fully saturated rings. The number of benzene rings is 1. The van der Waals surface area contributed by atoms with Crippen LogP contribution in [0, 0.1) is 11.3 Å². The van der Waals surface area contributed by atoms with Gasteiger partial charge in [0.05, 0.1) is 11.5 Å². The normalized spacial score (nSPS) is 16.9. The molecule has 2 N–H and O–H groups in total. The Morgan fingerprint density at radius 2 is 2.00 bits per heavy atom. The largest absolute Gasteiger partial charge is 0.434 e. The minimum Gasteiger partial charge on any atom is -0.434 e. The number of nitrogens with two attached hydrogens (primary N) is 1. The van der Waals surface area contributed by atoms with Crippen LogP contribution in [0.5, 0.6) is 5.75 Å². The smallest absolute Gasteiger partial charge is 0.387 e. The van der Waals surface area contributed by atoms with Gasteiger partial charge >= 0.3 is 6.61 Å². The van der Waals surface area contributed by atoms with Gasteiger partial charge in [0.15, 0.2) is 0 Å². The van der Waals surface area contributed by atoms with Gasteiger partial charge in [0.1, 0.15) is 5.75 Å². The molecule has 1 aromatic carbocycles. The van der Waals surface area contributed by atoms with Crippen molar-refractivity contribution in [2.45, 2.75) is 33.3 Å². The molecule has 0 aliphatic carbocycles. The van der Waals surface area contributed by atoms with Gasteiger partial charge in [-0.15, -0.1) is 12.4 Å². The standard InChI is InChI=1S/C20H29F2N3O3.ClH/c1-20(2,12-23)13-24(3)17(26)14-7-6-10-25(11-14)18(27)15-8-4-5-9-16(15)28-19(21)22;/h4-5,8-9,14,19H,6-7,10-13,23H2,1-3H3;1H. The Hall–Kier alpha value is -1.93. The first-order valence-corrected chi connectivity index (χ1v) is 9.43. The Morgan fingerprint density at radius 3 is 2.62 bits per heavy atom. The lowest BCUT2D eigenvalue weighted by molar-refractivity contribution is -0.136. The summed E-state index contributed by atoms with van der Waals surface area (Å²) in [4.78, 5) is 28.9. The number of para-hydroxylation sites is 1. The molecule has 1 aliphatic heterocycles. The molecule has 164 valence electrons. The third-order valence-corrected chi connectivity index (χ3v) is 4.99. The third-order valence-electron chi connectivity index (χ3n) is 4.99. The summed E-state index contributed by atoms with van der Waals surface area (Å²) in [7, 11) is 1.74. The lowest BCUT2D eigenvalue weighted by atomic mass is 9.91. The van der Waals surface area contributed by atoms with E-state index in [2.05, 4.69) is 4.74 Å². The summed E-state index contributed by atoms with van der Waals surface area (Å²) in [5.74, 6) is -0.910. The number of piperidine rings is 1. The predicted octanol–water partition coefficient (Wildman–Crippen LogP) is 3.01. The van der Waals surface area contributed by atoms with E-state index in [1.54, 1.807) is 22.9 Å². The van der Waals surface area contributed by atoms with E-state index in [1.807, 2.05) is 13.8 Å². The molecule has 0 bridgehead atoms. The molecule has 0 spiro atoms. The quantitative estimate of drug-likeness (QED) is 0.717. The molecule has 9 heteroatoms. The zero-order chi connectivity index (χ0) is 20.9. The molecule has 1 atom stereocenters. The second-order valence-electron chi connectivity index (χ2n) is 8.03. The number of likely N-dealkylation sites (tertiary alicyclic amines) is 1. The maximum atomic E-state index is 12.9. The van der Waals surface area contributed by atoms with Crippen LogP contribution in [0.2, 0.25) is 0 Å². The summed E-state index contributed by atoms with van der Waals surface area (Å²) in [5.41, 5.74) is 5.63. The van der Waals surface area contributed by atoms with Crippen LogP contribution >= 0.6 is 12.4 Å². The Labute approximate surface area is 176 Å². The third kappa shape index (κ3) is 6.82. The van der Waals surface area contributed by atoms with Crippen molar-refractivity contribution in [2.75, 3.05) is 33.2 Å². The minimum atomic E-state index is -3.01. The SMILES string of the molecule is CN(CC(C)(C)CN)C(=O)C1CCCN(C(=O)c2ccccc2OC(F)F)C1.Cl. The van der Waals surface area contributed by atoms with Crippen molar-refractivity contribution in [3.8, 4) is 5.75 Å². The highest BCUT2D eigenvalue weighted by molar-refractivity contribution is 5.97. The summed E-state index contributed by atoms with van der Waals surface area (Å²) < 4.78 is 29.7. The number of hydrogen-bond acceptors (Lipinski definition) is 4. The fraction of sp³-hybridized carbons (Fsp3) is 0.600. The highest BCUT2D eigenvalue weighted by Crippen LogP contribution is 2.26. The second-order valence-corrected chi connectivity index (χ2v) is 8.03. The number of amides is 2. The number of alkyl halides is 2. The number of hydrogen-bond donors (Lipinski definition) is 1. The van der Waals surface area contributed by atoms with Crippen molar-refractivity contribution in [1.82, 2.24) is 9.80 Å². The summed E-state index contributed by atoms with van der Waals surface area (Å²) in [6.45, 7) is 2.70. The van der Waals surface area contributed by atoms with Gasteiger partial charge in [-0.25, -0.2) is 0 Å². The Kier molecular flexibility index (Phi) is 9.29. The minimum absolute atomic E-state index is 0. The number of ether oxygens (including phenoxy) is 1. The maximum absolute atomic E-state index is 12.9. The molecule has 2 rings (SSSR count). The van der Waals surface area contributed by atoms with Crippen molar-refractivity contribution in [3.63, 3.8) is 0 Å². The van der Waals surface area contributed by atoms with Crippen molar-refractivity contribution in [1.29, 1.82) is 0 Å². The molecule has 6 nitrogen and oxygen atoms in total. The average Bonchev–Trinajstić information content (AvgIpc) is 2.66. The molecule has 1 saturated heterocycles. The van der Waals surface area contributed by atoms with Gasteiger partial charge in [-0.1, -0.05) is 26.0 Å². The van der Waals surface area contributed by atoms with E-state index in [1.165, 1.54) is 18.2 Å². The average molecular weight is 434 g/mol. The summed E-state index contributed by atoms with van der Waals surface area (Å²) >= 11 is 0. The van der Waals surface area contributed by atoms with Gasteiger partial charge in [-0.3, -0.25) is 9.59 Å². The monoisotopic (exact) mass is 433 g/mol. The molecule has 2 amide bonds. The molecular formula is C20H30ClF2N3O3. The van der Waals surface area contributed by atoms with Gasteiger partial charge < -0.3 is 20.3 Å². The van der Waals surface area contributed by atoms with Crippen LogP contribution in [0.1, 0.15) is 37.0 Å². The van der Waals surface area contributed by atoms with Crippen LogP contribution in [0.15, 0.2) is 24.3 Å². The zero-order valence-electron chi connectivity index (χ0n) is 17.1. The summed E-state index contributed by atoms with van der Waals surface area (Å²) in [6, 6.07) is 5.93. The van der Waals surface area contributed by atoms with E-state index in [0.717, 1.165) is 0 Å². The van der Waals surface area contributed by atoms with Crippen LogP contribution in [0.25, 0.3) is 0 Å². The van der Waals surface area contributed by atoms with Crippen molar-refractivity contribution >= 4 is 24.2 Å². The Morgan fingerprint density at radius 1 is 1.34 bits per heavy atom. The van der Waals surface area contributed by atoms with E-state index >= 15 is 0 Å². The van der Waals surface area contributed by atoms with Crippen molar-refractivity contribution in [2.24, 2.45) is 17.1 Å². The number of carbonyl (C=O) groups is 2. The Bertz CT molecular complexity index is 703. The topological polar surface area (TPSA) is 75.9 Å². The number of rotatable bonds is 7. The molecule has 1 aromatic rings. The first-order valence-electron chi connectivity index (χ1n) is 9.43. The van der Waals surface area contributed by atoms with Crippen molar-refractivity contribution < 1.29 is 23.1 Å². The van der Waals surface area contributed by atoms with E-state index < -0.39 is 12.5 Å². The molecule has 29 heavy (non-hydrogen) atoms. The lowest BCUT2D eigenvalue weighted by Crippen LogP contribution is -2.48. The second kappa shape index (κ2) is 10.7. The first-order chi connectivity index (χ1) is 13.1. The number of carbonyl (C=O) groups excluding carboxylic acids is 2. The molecular weight excluding hydrogens is 404 g/mol. The predicted molar refractivity (Wildman–Crippen MR) is 109 cm³/mol. The molecule has 1 unspecified atom stereocenters. The zero-order valence-corrected chi connectivity index (χ0v) is 17.9. The van der Waals surface area contributed by atoms with E-state index in [0.29, 0.717) is 32.5 Å². The number of halogens is 3. The van der Waals surface area contributed by atoms with E-state index in [9.17, 15) is 18.4 Å². The van der Waals surface area contributed by atoms with Gasteiger partial charge in [-0.05, 0) is 36.9 Å². The fourth-order valence-corrected chi connectivity index (χ4v) is 3.47. The fourth-order valence-electron chi connectivity index (χ4n) is 3.47. The summed E-state index contributed by atoms with van der Waals surface area (Å²) in [6.07, 6.45) is 1.36. The molecule has 0 radical (unpaired) electrons. The van der Waals surface area contributed by atoms with Gasteiger partial charge in [-0.2, -0.15) is 8.78 Å². The Balaban J connectivity index is 0.00000420. The lowest BCUT2D eigenvalue weighted by Gasteiger charge is -2.36. The van der Waals surface area contributed by atoms with Crippen LogP contribution in [0.4, 0.5) is 8.78 Å². The number of nitrogens with zero attached hydrogens (tertiary/aromatic N) is 2.